The summed E-state index contributed by atoms with van der Waals surface area (Å²) >= 11 is 7.43. The third-order valence-electron chi connectivity index (χ3n) is 4.08. The third kappa shape index (κ3) is 4.40. The summed E-state index contributed by atoms with van der Waals surface area (Å²) in [5.74, 6) is 1.37. The maximum atomic E-state index is 5.94. The highest BCUT2D eigenvalue weighted by molar-refractivity contribution is 7.14. The summed E-state index contributed by atoms with van der Waals surface area (Å²) in [4.78, 5) is 4.57. The maximum Gasteiger partial charge on any atom is 0.203 e. The normalized spacial score (nSPS) is 11.4. The lowest BCUT2D eigenvalue weighted by atomic mass is 10.0. The SMILES string of the molecule is COc1cc(C)c(C(C)=NNc2nc(-c3ccc(Cl)cc3)cs2)cc1OC. The van der Waals surface area contributed by atoms with E-state index in [0.29, 0.717) is 16.5 Å². The summed E-state index contributed by atoms with van der Waals surface area (Å²) in [7, 11) is 3.25. The lowest BCUT2D eigenvalue weighted by Crippen LogP contribution is -2.03. The molecule has 2 aromatic carbocycles. The third-order valence-corrected chi connectivity index (χ3v) is 5.08. The van der Waals surface area contributed by atoms with Gasteiger partial charge >= 0.3 is 0 Å². The van der Waals surface area contributed by atoms with Crippen LogP contribution in [0, 0.1) is 6.92 Å². The second-order valence-corrected chi connectivity index (χ2v) is 7.17. The fraction of sp³-hybridized carbons (Fsp3) is 0.200. The topological polar surface area (TPSA) is 55.7 Å². The van der Waals surface area contributed by atoms with Gasteiger partial charge in [-0.05, 0) is 43.7 Å². The fourth-order valence-corrected chi connectivity index (χ4v) is 3.43. The van der Waals surface area contributed by atoms with Gasteiger partial charge in [0.05, 0.1) is 25.6 Å². The number of nitrogens with zero attached hydrogens (tertiary/aromatic N) is 2. The van der Waals surface area contributed by atoms with Crippen molar-refractivity contribution in [1.29, 1.82) is 0 Å². The quantitative estimate of drug-likeness (QED) is 0.430. The van der Waals surface area contributed by atoms with E-state index in [9.17, 15) is 0 Å². The van der Waals surface area contributed by atoms with Gasteiger partial charge in [0.25, 0.3) is 0 Å². The number of halogens is 1. The Morgan fingerprint density at radius 3 is 2.44 bits per heavy atom. The summed E-state index contributed by atoms with van der Waals surface area (Å²) in [5, 5.41) is 7.88. The molecule has 0 bridgehead atoms. The molecule has 0 amide bonds. The number of anilines is 1. The molecule has 0 aliphatic rings. The van der Waals surface area contributed by atoms with Crippen LogP contribution in [-0.2, 0) is 0 Å². The molecule has 1 N–H and O–H groups in total. The Labute approximate surface area is 167 Å². The zero-order valence-corrected chi connectivity index (χ0v) is 17.1. The van der Waals surface area contributed by atoms with Crippen molar-refractivity contribution in [2.24, 2.45) is 5.10 Å². The minimum atomic E-state index is 0.673. The molecule has 0 aliphatic heterocycles. The number of hydrogen-bond donors (Lipinski definition) is 1. The predicted molar refractivity (Wildman–Crippen MR) is 113 cm³/mol. The summed E-state index contributed by atoms with van der Waals surface area (Å²) in [5.41, 5.74) is 7.80. The maximum absolute atomic E-state index is 5.94. The number of aryl methyl sites for hydroxylation is 1. The molecule has 7 heteroatoms. The lowest BCUT2D eigenvalue weighted by molar-refractivity contribution is 0.354. The molecular formula is C20H20ClN3O2S. The van der Waals surface area contributed by atoms with Gasteiger partial charge in [0.2, 0.25) is 5.13 Å². The molecule has 1 heterocycles. The van der Waals surface area contributed by atoms with Crippen molar-refractivity contribution in [3.63, 3.8) is 0 Å². The van der Waals surface area contributed by atoms with Crippen LogP contribution in [0.2, 0.25) is 5.02 Å². The number of ether oxygens (including phenoxy) is 2. The number of benzene rings is 2. The molecule has 0 saturated carbocycles. The Hall–Kier alpha value is -2.57. The van der Waals surface area contributed by atoms with Crippen molar-refractivity contribution in [1.82, 2.24) is 4.98 Å². The second kappa shape index (κ2) is 8.41. The number of methoxy groups -OCH3 is 2. The van der Waals surface area contributed by atoms with Gasteiger partial charge in [0, 0.05) is 21.5 Å². The van der Waals surface area contributed by atoms with Crippen molar-refractivity contribution in [3.05, 3.63) is 57.9 Å². The van der Waals surface area contributed by atoms with Gasteiger partial charge < -0.3 is 9.47 Å². The van der Waals surface area contributed by atoms with Crippen LogP contribution in [0.1, 0.15) is 18.1 Å². The first-order valence-corrected chi connectivity index (χ1v) is 9.52. The molecule has 0 fully saturated rings. The molecular weight excluding hydrogens is 382 g/mol. The number of aromatic nitrogens is 1. The van der Waals surface area contributed by atoms with Crippen LogP contribution in [0.15, 0.2) is 46.9 Å². The predicted octanol–water partition coefficient (Wildman–Crippen LogP) is 5.63. The highest BCUT2D eigenvalue weighted by atomic mass is 35.5. The fourth-order valence-electron chi connectivity index (χ4n) is 2.64. The molecule has 3 aromatic rings. The van der Waals surface area contributed by atoms with Crippen LogP contribution < -0.4 is 14.9 Å². The number of nitrogens with one attached hydrogen (secondary N) is 1. The average molecular weight is 402 g/mol. The van der Waals surface area contributed by atoms with Crippen LogP contribution in [-0.4, -0.2) is 24.9 Å². The zero-order chi connectivity index (χ0) is 19.4. The van der Waals surface area contributed by atoms with Crippen molar-refractivity contribution >= 4 is 33.8 Å². The number of thiazole rings is 1. The monoisotopic (exact) mass is 401 g/mol. The molecule has 0 aliphatic carbocycles. The van der Waals surface area contributed by atoms with Crippen LogP contribution in [0.5, 0.6) is 11.5 Å². The van der Waals surface area contributed by atoms with Gasteiger partial charge in [0.1, 0.15) is 0 Å². The van der Waals surface area contributed by atoms with E-state index in [1.807, 2.05) is 55.6 Å². The Bertz CT molecular complexity index is 968. The minimum Gasteiger partial charge on any atom is -0.493 e. The van der Waals surface area contributed by atoms with Crippen LogP contribution in [0.25, 0.3) is 11.3 Å². The Kier molecular flexibility index (Phi) is 5.98. The number of rotatable bonds is 6. The van der Waals surface area contributed by atoms with E-state index in [2.05, 4.69) is 15.5 Å². The largest absolute Gasteiger partial charge is 0.493 e. The first kappa shape index (κ1) is 19.2. The van der Waals surface area contributed by atoms with Gasteiger partial charge in [-0.1, -0.05) is 23.7 Å². The first-order valence-electron chi connectivity index (χ1n) is 8.26. The van der Waals surface area contributed by atoms with Crippen LogP contribution in [0.4, 0.5) is 5.13 Å². The van der Waals surface area contributed by atoms with E-state index in [-0.39, 0.29) is 0 Å². The molecule has 0 unspecified atom stereocenters. The van der Waals surface area contributed by atoms with Crippen molar-refractivity contribution in [3.8, 4) is 22.8 Å². The van der Waals surface area contributed by atoms with Gasteiger partial charge in [-0.3, -0.25) is 5.43 Å². The molecule has 27 heavy (non-hydrogen) atoms. The number of hydrogen-bond acceptors (Lipinski definition) is 6. The van der Waals surface area contributed by atoms with Crippen molar-refractivity contribution in [2.75, 3.05) is 19.6 Å². The molecule has 3 rings (SSSR count). The van der Waals surface area contributed by atoms with E-state index in [0.717, 1.165) is 33.2 Å². The Balaban J connectivity index is 1.79. The van der Waals surface area contributed by atoms with E-state index < -0.39 is 0 Å². The van der Waals surface area contributed by atoms with Gasteiger partial charge in [-0.15, -0.1) is 11.3 Å². The van der Waals surface area contributed by atoms with Gasteiger partial charge in [-0.25, -0.2) is 4.98 Å². The van der Waals surface area contributed by atoms with Crippen LogP contribution >= 0.6 is 22.9 Å². The van der Waals surface area contributed by atoms with Gasteiger partial charge in [-0.2, -0.15) is 5.10 Å². The smallest absolute Gasteiger partial charge is 0.203 e. The second-order valence-electron chi connectivity index (χ2n) is 5.88. The molecule has 5 nitrogen and oxygen atoms in total. The Morgan fingerprint density at radius 1 is 1.11 bits per heavy atom. The summed E-state index contributed by atoms with van der Waals surface area (Å²) in [6.45, 7) is 3.95. The summed E-state index contributed by atoms with van der Waals surface area (Å²) in [6, 6.07) is 11.5. The molecule has 140 valence electrons. The van der Waals surface area contributed by atoms with Gasteiger partial charge in [0.15, 0.2) is 11.5 Å². The van der Waals surface area contributed by atoms with E-state index >= 15 is 0 Å². The van der Waals surface area contributed by atoms with Crippen LogP contribution in [0.3, 0.4) is 0 Å². The number of hydrazone groups is 1. The minimum absolute atomic E-state index is 0.673. The molecule has 0 atom stereocenters. The summed E-state index contributed by atoms with van der Waals surface area (Å²) in [6.07, 6.45) is 0. The average Bonchev–Trinajstić information content (AvgIpc) is 3.15. The molecule has 0 radical (unpaired) electrons. The molecule has 0 saturated heterocycles. The first-order chi connectivity index (χ1) is 13.0. The molecule has 1 aromatic heterocycles. The highest BCUT2D eigenvalue weighted by Crippen LogP contribution is 2.31. The standard InChI is InChI=1S/C20H20ClN3O2S/c1-12-9-18(25-3)19(26-4)10-16(12)13(2)23-24-20-22-17(11-27-20)14-5-7-15(21)8-6-14/h5-11H,1-4H3,(H,22,24). The lowest BCUT2D eigenvalue weighted by Gasteiger charge is -2.12. The van der Waals surface area contributed by atoms with E-state index in [1.165, 1.54) is 11.3 Å². The van der Waals surface area contributed by atoms with E-state index in [4.69, 9.17) is 21.1 Å². The highest BCUT2D eigenvalue weighted by Gasteiger charge is 2.11. The van der Waals surface area contributed by atoms with Crippen molar-refractivity contribution < 1.29 is 9.47 Å². The molecule has 0 spiro atoms. The van der Waals surface area contributed by atoms with Crippen molar-refractivity contribution in [2.45, 2.75) is 13.8 Å². The van der Waals surface area contributed by atoms with E-state index in [1.54, 1.807) is 14.2 Å². The summed E-state index contributed by atoms with van der Waals surface area (Å²) < 4.78 is 10.7. The Morgan fingerprint density at radius 2 is 1.78 bits per heavy atom. The zero-order valence-electron chi connectivity index (χ0n) is 15.5.